The van der Waals surface area contributed by atoms with E-state index in [9.17, 15) is 27.2 Å². The van der Waals surface area contributed by atoms with Gasteiger partial charge in [0, 0.05) is 0 Å². The maximum Gasteiger partial charge on any atom is 0.340 e. The Morgan fingerprint density at radius 2 is 1.50 bits per heavy atom. The van der Waals surface area contributed by atoms with E-state index >= 15 is 0 Å². The molecule has 0 aliphatic heterocycles. The lowest BCUT2D eigenvalue weighted by molar-refractivity contribution is 0.0509. The van der Waals surface area contributed by atoms with Crippen LogP contribution in [-0.4, -0.2) is 30.6 Å². The number of hydrogen-bond donors (Lipinski definition) is 0. The minimum atomic E-state index is -3.29. The summed E-state index contributed by atoms with van der Waals surface area (Å²) in [4.78, 5) is 27.2. The predicted octanol–water partition coefficient (Wildman–Crippen LogP) is 3.87. The van der Waals surface area contributed by atoms with Crippen LogP contribution >= 0.6 is 0 Å². The molecule has 0 bridgehead atoms. The molecule has 1 aromatic heterocycles. The number of rotatable bonds is 7. The molecular weight excluding hydrogens is 334 g/mol. The van der Waals surface area contributed by atoms with E-state index in [2.05, 4.69) is 9.72 Å². The summed E-state index contributed by atoms with van der Waals surface area (Å²) in [6, 6.07) is 0. The molecule has 0 N–H and O–H groups in total. The molecule has 0 unspecified atom stereocenters. The second-order valence-corrected chi connectivity index (χ2v) is 4.67. The van der Waals surface area contributed by atoms with Crippen molar-refractivity contribution in [2.45, 2.75) is 39.5 Å². The summed E-state index contributed by atoms with van der Waals surface area (Å²) < 4.78 is 62.2. The lowest BCUT2D eigenvalue weighted by Crippen LogP contribution is -2.21. The molecule has 0 saturated carbocycles. The van der Waals surface area contributed by atoms with Gasteiger partial charge in [0.05, 0.1) is 24.8 Å². The van der Waals surface area contributed by atoms with Gasteiger partial charge >= 0.3 is 11.9 Å². The van der Waals surface area contributed by atoms with E-state index in [1.165, 1.54) is 6.92 Å². The van der Waals surface area contributed by atoms with Gasteiger partial charge in [-0.05, 0) is 18.9 Å². The number of carbonyl (C=O) groups excluding carboxylic acids is 2. The summed E-state index contributed by atoms with van der Waals surface area (Å²) in [5, 5.41) is 0. The number of ether oxygens (including phenoxy) is 2. The monoisotopic (exact) mass is 351 g/mol. The van der Waals surface area contributed by atoms with Gasteiger partial charge in [0.1, 0.15) is 11.4 Å². The molecule has 0 atom stereocenters. The summed E-state index contributed by atoms with van der Waals surface area (Å²) in [6.45, 7) is 2.99. The molecule has 0 radical (unpaired) electrons. The summed E-state index contributed by atoms with van der Waals surface area (Å²) >= 11 is 0. The molecule has 0 aliphatic carbocycles. The minimum absolute atomic E-state index is 0.0689. The van der Waals surface area contributed by atoms with Gasteiger partial charge in [0.25, 0.3) is 12.9 Å². The fraction of sp³-hybridized carbons (Fsp3) is 0.533. The van der Waals surface area contributed by atoms with E-state index < -0.39 is 47.3 Å². The van der Waals surface area contributed by atoms with Crippen molar-refractivity contribution in [3.05, 3.63) is 28.1 Å². The van der Waals surface area contributed by atoms with Crippen molar-refractivity contribution in [1.29, 1.82) is 0 Å². The quantitative estimate of drug-likeness (QED) is 0.551. The Labute approximate surface area is 136 Å². The number of halogens is 4. The van der Waals surface area contributed by atoms with Crippen molar-refractivity contribution in [3.8, 4) is 0 Å². The van der Waals surface area contributed by atoms with Crippen LogP contribution < -0.4 is 0 Å². The molecule has 0 aliphatic rings. The van der Waals surface area contributed by atoms with Crippen LogP contribution in [0.25, 0.3) is 0 Å². The highest BCUT2D eigenvalue weighted by atomic mass is 19.3. The highest BCUT2D eigenvalue weighted by Crippen LogP contribution is 2.33. The Morgan fingerprint density at radius 1 is 1.00 bits per heavy atom. The third-order valence-electron chi connectivity index (χ3n) is 3.14. The average molecular weight is 351 g/mol. The van der Waals surface area contributed by atoms with Crippen molar-refractivity contribution in [2.75, 3.05) is 13.7 Å². The minimum Gasteiger partial charge on any atom is -0.465 e. The van der Waals surface area contributed by atoms with Gasteiger partial charge in [-0.1, -0.05) is 13.3 Å². The van der Waals surface area contributed by atoms with Crippen LogP contribution in [0.1, 0.15) is 70.8 Å². The highest BCUT2D eigenvalue weighted by Gasteiger charge is 2.34. The van der Waals surface area contributed by atoms with Gasteiger partial charge in [0.2, 0.25) is 0 Å². The smallest absolute Gasteiger partial charge is 0.340 e. The molecule has 0 amide bonds. The van der Waals surface area contributed by atoms with Crippen LogP contribution in [0.15, 0.2) is 0 Å². The molecule has 1 aromatic rings. The summed E-state index contributed by atoms with van der Waals surface area (Å²) in [5.41, 5.74) is -3.84. The standard InChI is InChI=1S/C15H17F4NO4/c1-4-6-7-8(14(21)23-3)10(12(16)17)20-11(13(18)19)9(7)15(22)24-5-2/h12-13H,4-6H2,1-3H3. The molecule has 0 fully saturated rings. The van der Waals surface area contributed by atoms with Gasteiger partial charge in [0.15, 0.2) is 0 Å². The molecule has 0 aromatic carbocycles. The Bertz CT molecular complexity index is 620. The fourth-order valence-electron chi connectivity index (χ4n) is 2.25. The normalized spacial score (nSPS) is 11.0. The van der Waals surface area contributed by atoms with Crippen LogP contribution in [-0.2, 0) is 15.9 Å². The summed E-state index contributed by atoms with van der Waals surface area (Å²) in [7, 11) is 0.957. The second kappa shape index (κ2) is 8.60. The Balaban J connectivity index is 3.88. The lowest BCUT2D eigenvalue weighted by atomic mass is 9.94. The van der Waals surface area contributed by atoms with E-state index in [1.807, 2.05) is 0 Å². The van der Waals surface area contributed by atoms with Crippen LogP contribution in [0.2, 0.25) is 0 Å². The molecule has 5 nitrogen and oxygen atoms in total. The third kappa shape index (κ3) is 4.01. The fourth-order valence-corrected chi connectivity index (χ4v) is 2.25. The van der Waals surface area contributed by atoms with Crippen molar-refractivity contribution in [2.24, 2.45) is 0 Å². The molecule has 1 heterocycles. The topological polar surface area (TPSA) is 65.5 Å². The molecule has 134 valence electrons. The first-order chi connectivity index (χ1) is 11.3. The van der Waals surface area contributed by atoms with E-state index in [1.54, 1.807) is 6.92 Å². The summed E-state index contributed by atoms with van der Waals surface area (Å²) in [5.74, 6) is -2.32. The van der Waals surface area contributed by atoms with Crippen LogP contribution in [0, 0.1) is 0 Å². The van der Waals surface area contributed by atoms with E-state index in [-0.39, 0.29) is 18.6 Å². The van der Waals surface area contributed by atoms with Gasteiger partial charge in [-0.2, -0.15) is 0 Å². The van der Waals surface area contributed by atoms with Crippen LogP contribution in [0.4, 0.5) is 17.6 Å². The maximum absolute atomic E-state index is 13.3. The number of esters is 2. The largest absolute Gasteiger partial charge is 0.465 e. The zero-order chi connectivity index (χ0) is 18.4. The van der Waals surface area contributed by atoms with E-state index in [0.29, 0.717) is 6.42 Å². The number of carbonyl (C=O) groups is 2. The number of pyridine rings is 1. The number of aromatic nitrogens is 1. The number of hydrogen-bond acceptors (Lipinski definition) is 5. The Morgan fingerprint density at radius 3 is 1.88 bits per heavy atom. The van der Waals surface area contributed by atoms with Crippen LogP contribution in [0.3, 0.4) is 0 Å². The third-order valence-corrected chi connectivity index (χ3v) is 3.14. The van der Waals surface area contributed by atoms with E-state index in [0.717, 1.165) is 7.11 Å². The number of alkyl halides is 4. The zero-order valence-corrected chi connectivity index (χ0v) is 13.4. The first-order valence-corrected chi connectivity index (χ1v) is 7.18. The average Bonchev–Trinajstić information content (AvgIpc) is 2.53. The summed E-state index contributed by atoms with van der Waals surface area (Å²) in [6.07, 6.45) is -6.33. The van der Waals surface area contributed by atoms with Gasteiger partial charge in [-0.25, -0.2) is 32.1 Å². The first-order valence-electron chi connectivity index (χ1n) is 7.18. The molecule has 0 spiro atoms. The second-order valence-electron chi connectivity index (χ2n) is 4.67. The SMILES string of the molecule is CCCc1c(C(=O)OC)c(C(F)F)nc(C(F)F)c1C(=O)OCC. The first kappa shape index (κ1) is 19.9. The predicted molar refractivity (Wildman–Crippen MR) is 75.4 cm³/mol. The number of methoxy groups -OCH3 is 1. The van der Waals surface area contributed by atoms with Crippen molar-refractivity contribution in [1.82, 2.24) is 4.98 Å². The van der Waals surface area contributed by atoms with Gasteiger partial charge < -0.3 is 9.47 Å². The van der Waals surface area contributed by atoms with Crippen LogP contribution in [0.5, 0.6) is 0 Å². The lowest BCUT2D eigenvalue weighted by Gasteiger charge is -2.18. The molecule has 24 heavy (non-hydrogen) atoms. The molecule has 1 rings (SSSR count). The zero-order valence-electron chi connectivity index (χ0n) is 13.4. The Hall–Kier alpha value is -2.19. The van der Waals surface area contributed by atoms with Crippen molar-refractivity contribution >= 4 is 11.9 Å². The van der Waals surface area contributed by atoms with Gasteiger partial charge in [-0.3, -0.25) is 0 Å². The molecule has 0 saturated heterocycles. The molecular formula is C15H17F4NO4. The maximum atomic E-state index is 13.3. The van der Waals surface area contributed by atoms with E-state index in [4.69, 9.17) is 4.74 Å². The van der Waals surface area contributed by atoms with Crippen molar-refractivity contribution in [3.63, 3.8) is 0 Å². The molecule has 9 heteroatoms. The number of nitrogens with zero attached hydrogens (tertiary/aromatic N) is 1. The van der Waals surface area contributed by atoms with Crippen molar-refractivity contribution < 1.29 is 36.6 Å². The Kier molecular flexibility index (Phi) is 7.12. The van der Waals surface area contributed by atoms with Gasteiger partial charge in [-0.15, -0.1) is 0 Å². The highest BCUT2D eigenvalue weighted by molar-refractivity contribution is 5.99.